The van der Waals surface area contributed by atoms with E-state index in [1.807, 2.05) is 0 Å². The smallest absolute Gasteiger partial charge is 0.328 e. The third-order valence-corrected chi connectivity index (χ3v) is 4.47. The lowest BCUT2D eigenvalue weighted by Crippen LogP contribution is -2.43. The number of ether oxygens (including phenoxy) is 1. The van der Waals surface area contributed by atoms with Crippen molar-refractivity contribution in [3.63, 3.8) is 0 Å². The van der Waals surface area contributed by atoms with E-state index in [1.54, 1.807) is 18.2 Å². The molecule has 0 aliphatic rings. The summed E-state index contributed by atoms with van der Waals surface area (Å²) < 4.78 is 45.7. The molecule has 1 atom stereocenters. The fourth-order valence-electron chi connectivity index (χ4n) is 2.24. The maximum Gasteiger partial charge on any atom is 0.328 e. The quantitative estimate of drug-likeness (QED) is 0.700. The second-order valence-corrected chi connectivity index (χ2v) is 6.52. The van der Waals surface area contributed by atoms with E-state index in [-0.39, 0.29) is 6.42 Å². The van der Waals surface area contributed by atoms with Gasteiger partial charge < -0.3 is 10.1 Å². The first-order valence-corrected chi connectivity index (χ1v) is 8.37. The number of carbonyl (C=O) groups excluding carboxylic acids is 2. The van der Waals surface area contributed by atoms with Gasteiger partial charge in [0.05, 0.1) is 7.11 Å². The number of halogens is 5. The minimum atomic E-state index is -1.38. The Hall–Kier alpha value is -2.06. The van der Waals surface area contributed by atoms with Gasteiger partial charge in [0.15, 0.2) is 0 Å². The van der Waals surface area contributed by atoms with Crippen LogP contribution in [0, 0.1) is 17.5 Å². The molecule has 1 amide bonds. The third-order valence-electron chi connectivity index (χ3n) is 3.46. The van der Waals surface area contributed by atoms with Crippen LogP contribution in [0.1, 0.15) is 15.9 Å². The van der Waals surface area contributed by atoms with Gasteiger partial charge >= 0.3 is 5.97 Å². The van der Waals surface area contributed by atoms with Crippen molar-refractivity contribution in [2.75, 3.05) is 7.11 Å². The van der Waals surface area contributed by atoms with E-state index in [0.29, 0.717) is 27.2 Å². The lowest BCUT2D eigenvalue weighted by molar-refractivity contribution is -0.142. The van der Waals surface area contributed by atoms with E-state index in [2.05, 4.69) is 26.0 Å². The number of amides is 1. The molecule has 0 aliphatic carbocycles. The Morgan fingerprint density at radius 2 is 1.81 bits per heavy atom. The maximum absolute atomic E-state index is 13.8. The summed E-state index contributed by atoms with van der Waals surface area (Å²) in [7, 11) is 1.10. The minimum absolute atomic E-state index is 0.0516. The number of esters is 1. The summed E-state index contributed by atoms with van der Waals surface area (Å²) in [5.74, 6) is -5.97. The van der Waals surface area contributed by atoms with Crippen molar-refractivity contribution in [3.05, 3.63) is 68.4 Å². The number of methoxy groups -OCH3 is 1. The first-order valence-electron chi connectivity index (χ1n) is 7.20. The Morgan fingerprint density at radius 3 is 2.38 bits per heavy atom. The van der Waals surface area contributed by atoms with Crippen molar-refractivity contribution in [1.82, 2.24) is 5.32 Å². The van der Waals surface area contributed by atoms with Gasteiger partial charge in [0.1, 0.15) is 29.1 Å². The monoisotopic (exact) mass is 449 g/mol. The zero-order valence-electron chi connectivity index (χ0n) is 13.3. The highest BCUT2D eigenvalue weighted by atomic mass is 79.9. The van der Waals surface area contributed by atoms with Crippen molar-refractivity contribution in [3.8, 4) is 0 Å². The molecule has 0 unspecified atom stereocenters. The summed E-state index contributed by atoms with van der Waals surface area (Å²) in [6, 6.07) is 4.33. The van der Waals surface area contributed by atoms with E-state index in [0.717, 1.165) is 7.11 Å². The Bertz CT molecular complexity index is 840. The van der Waals surface area contributed by atoms with Crippen LogP contribution in [-0.4, -0.2) is 25.0 Å². The molecule has 26 heavy (non-hydrogen) atoms. The van der Waals surface area contributed by atoms with Gasteiger partial charge in [-0.05, 0) is 23.8 Å². The molecule has 9 heteroatoms. The fraction of sp³-hybridized carbons (Fsp3) is 0.176. The van der Waals surface area contributed by atoms with Gasteiger partial charge in [-0.3, -0.25) is 4.79 Å². The molecule has 0 saturated heterocycles. The van der Waals surface area contributed by atoms with Crippen LogP contribution >= 0.6 is 27.5 Å². The van der Waals surface area contributed by atoms with Crippen molar-refractivity contribution < 1.29 is 27.5 Å². The average molecular weight is 451 g/mol. The van der Waals surface area contributed by atoms with E-state index in [9.17, 15) is 22.8 Å². The second kappa shape index (κ2) is 8.55. The molecule has 0 fully saturated rings. The van der Waals surface area contributed by atoms with Gasteiger partial charge in [-0.15, -0.1) is 0 Å². The largest absolute Gasteiger partial charge is 0.467 e. The van der Waals surface area contributed by atoms with Crippen molar-refractivity contribution in [2.24, 2.45) is 0 Å². The lowest BCUT2D eigenvalue weighted by atomic mass is 10.0. The molecule has 2 aromatic rings. The molecule has 138 valence electrons. The topological polar surface area (TPSA) is 55.4 Å². The number of hydrogen-bond donors (Lipinski definition) is 1. The highest BCUT2D eigenvalue weighted by molar-refractivity contribution is 9.10. The van der Waals surface area contributed by atoms with Crippen LogP contribution in [0.2, 0.25) is 5.02 Å². The summed E-state index contributed by atoms with van der Waals surface area (Å²) in [4.78, 5) is 24.2. The summed E-state index contributed by atoms with van der Waals surface area (Å²) >= 11 is 9.20. The van der Waals surface area contributed by atoms with Gasteiger partial charge in [-0.1, -0.05) is 27.5 Å². The van der Waals surface area contributed by atoms with Crippen molar-refractivity contribution >= 4 is 39.4 Å². The second-order valence-electron chi connectivity index (χ2n) is 5.23. The highest BCUT2D eigenvalue weighted by Gasteiger charge is 2.27. The lowest BCUT2D eigenvalue weighted by Gasteiger charge is -2.18. The third kappa shape index (κ3) is 4.76. The van der Waals surface area contributed by atoms with Gasteiger partial charge in [-0.25, -0.2) is 18.0 Å². The molecule has 0 aliphatic heterocycles. The normalized spacial score (nSPS) is 11.8. The van der Waals surface area contributed by atoms with E-state index < -0.39 is 40.9 Å². The molecule has 0 saturated carbocycles. The van der Waals surface area contributed by atoms with E-state index >= 15 is 0 Å². The number of carbonyl (C=O) groups is 2. The molecule has 2 rings (SSSR count). The minimum Gasteiger partial charge on any atom is -0.467 e. The molecule has 1 N–H and O–H groups in total. The SMILES string of the molecule is COC(=O)[C@@H](Cc1cc(Cl)ccc1Br)NC(=O)c1c(F)cc(F)cc1F. The maximum atomic E-state index is 13.8. The van der Waals surface area contributed by atoms with Gasteiger partial charge in [-0.2, -0.15) is 0 Å². The number of nitrogens with one attached hydrogen (secondary N) is 1. The summed E-state index contributed by atoms with van der Waals surface area (Å²) in [6.45, 7) is 0. The van der Waals surface area contributed by atoms with Crippen LogP contribution in [0.15, 0.2) is 34.8 Å². The van der Waals surface area contributed by atoms with Gasteiger partial charge in [0, 0.05) is 28.0 Å². The molecule has 0 radical (unpaired) electrons. The number of rotatable bonds is 5. The van der Waals surface area contributed by atoms with Crippen LogP contribution < -0.4 is 5.32 Å². The first-order chi connectivity index (χ1) is 12.2. The molecule has 4 nitrogen and oxygen atoms in total. The Kier molecular flexibility index (Phi) is 6.66. The van der Waals surface area contributed by atoms with Crippen LogP contribution in [0.3, 0.4) is 0 Å². The summed E-state index contributed by atoms with van der Waals surface area (Å²) in [5.41, 5.74) is -0.432. The zero-order valence-corrected chi connectivity index (χ0v) is 15.6. The summed E-state index contributed by atoms with van der Waals surface area (Å²) in [5, 5.41) is 2.60. The predicted molar refractivity (Wildman–Crippen MR) is 92.4 cm³/mol. The fourth-order valence-corrected chi connectivity index (χ4v) is 2.85. The predicted octanol–water partition coefficient (Wildman–Crippen LogP) is 4.03. The summed E-state index contributed by atoms with van der Waals surface area (Å²) in [6.07, 6.45) is -0.0516. The molecular formula is C17H12BrClF3NO3. The molecular weight excluding hydrogens is 439 g/mol. The van der Waals surface area contributed by atoms with Crippen LogP contribution in [-0.2, 0) is 16.0 Å². The molecule has 2 aromatic carbocycles. The van der Waals surface area contributed by atoms with Crippen LogP contribution in [0.25, 0.3) is 0 Å². The van der Waals surface area contributed by atoms with Gasteiger partial charge in [0.25, 0.3) is 5.91 Å². The van der Waals surface area contributed by atoms with Crippen LogP contribution in [0.4, 0.5) is 13.2 Å². The molecule has 0 heterocycles. The number of benzene rings is 2. The highest BCUT2D eigenvalue weighted by Crippen LogP contribution is 2.23. The Balaban J connectivity index is 2.30. The Morgan fingerprint density at radius 1 is 1.19 bits per heavy atom. The Labute approximate surface area is 160 Å². The first kappa shape index (κ1) is 20.3. The standard InChI is InChI=1S/C17H12BrClF3NO3/c1-26-17(25)14(5-8-4-9(19)2-3-11(8)18)23-16(24)15-12(21)6-10(20)7-13(15)22/h2-4,6-7,14H,5H2,1H3,(H,23,24)/t14-/m1/s1. The van der Waals surface area contributed by atoms with Crippen molar-refractivity contribution in [1.29, 1.82) is 0 Å². The zero-order chi connectivity index (χ0) is 19.4. The van der Waals surface area contributed by atoms with E-state index in [1.165, 1.54) is 0 Å². The molecule has 0 aromatic heterocycles. The van der Waals surface area contributed by atoms with Crippen LogP contribution in [0.5, 0.6) is 0 Å². The van der Waals surface area contributed by atoms with E-state index in [4.69, 9.17) is 11.6 Å². The molecule has 0 bridgehead atoms. The average Bonchev–Trinajstić information content (AvgIpc) is 2.55. The molecule has 0 spiro atoms. The van der Waals surface area contributed by atoms with Crippen molar-refractivity contribution in [2.45, 2.75) is 12.5 Å². The number of hydrogen-bond acceptors (Lipinski definition) is 3. The van der Waals surface area contributed by atoms with Gasteiger partial charge in [0.2, 0.25) is 0 Å².